The van der Waals surface area contributed by atoms with Gasteiger partial charge in [0.25, 0.3) is 0 Å². The van der Waals surface area contributed by atoms with Crippen LogP contribution >= 0.6 is 0 Å². The van der Waals surface area contributed by atoms with Gasteiger partial charge in [0, 0.05) is 12.0 Å². The molecule has 3 heteroatoms. The molecule has 0 aliphatic heterocycles. The number of carbonyl (C=O) groups excluding carboxylic acids is 1. The van der Waals surface area contributed by atoms with Gasteiger partial charge in [-0.2, -0.15) is 0 Å². The summed E-state index contributed by atoms with van der Waals surface area (Å²) in [5, 5.41) is 0. The van der Waals surface area contributed by atoms with Gasteiger partial charge >= 0.3 is 0 Å². The van der Waals surface area contributed by atoms with E-state index < -0.39 is 0 Å². The number of methoxy groups -OCH3 is 1. The molecule has 17 heavy (non-hydrogen) atoms. The van der Waals surface area contributed by atoms with Crippen LogP contribution in [0, 0.1) is 5.92 Å². The Hall–Kier alpha value is -1.51. The molecule has 94 valence electrons. The van der Waals surface area contributed by atoms with Crippen molar-refractivity contribution in [1.29, 1.82) is 0 Å². The average molecular weight is 236 g/mol. The molecule has 0 amide bonds. The molecule has 1 aromatic rings. The highest BCUT2D eigenvalue weighted by molar-refractivity contribution is 5.79. The van der Waals surface area contributed by atoms with Gasteiger partial charge in [-0.1, -0.05) is 26.0 Å². The third-order valence-electron chi connectivity index (χ3n) is 2.28. The van der Waals surface area contributed by atoms with Crippen LogP contribution in [0.1, 0.15) is 26.3 Å². The number of ether oxygens (including phenoxy) is 2. The standard InChI is InChI=1S/C14H20O3/c1-10(2)9-17-13-7-5-6-12(8-11(3)15)14(13)16-4/h5-7,10H,8-9H2,1-4H3. The summed E-state index contributed by atoms with van der Waals surface area (Å²) in [4.78, 5) is 11.2. The van der Waals surface area contributed by atoms with Crippen LogP contribution in [-0.4, -0.2) is 19.5 Å². The normalized spacial score (nSPS) is 10.4. The maximum atomic E-state index is 11.2. The van der Waals surface area contributed by atoms with Gasteiger partial charge in [-0.25, -0.2) is 0 Å². The van der Waals surface area contributed by atoms with E-state index >= 15 is 0 Å². The molecule has 0 bridgehead atoms. The Balaban J connectivity index is 2.92. The van der Waals surface area contributed by atoms with Crippen molar-refractivity contribution in [3.05, 3.63) is 23.8 Å². The lowest BCUT2D eigenvalue weighted by atomic mass is 10.1. The Morgan fingerprint density at radius 2 is 2.06 bits per heavy atom. The lowest BCUT2D eigenvalue weighted by Crippen LogP contribution is -2.07. The Kier molecular flexibility index (Phi) is 5.01. The molecule has 1 rings (SSSR count). The summed E-state index contributed by atoms with van der Waals surface area (Å²) >= 11 is 0. The van der Waals surface area contributed by atoms with E-state index in [1.807, 2.05) is 18.2 Å². The second kappa shape index (κ2) is 6.28. The summed E-state index contributed by atoms with van der Waals surface area (Å²) < 4.78 is 11.0. The Morgan fingerprint density at radius 3 is 2.59 bits per heavy atom. The molecule has 0 fully saturated rings. The Morgan fingerprint density at radius 1 is 1.35 bits per heavy atom. The van der Waals surface area contributed by atoms with E-state index in [1.54, 1.807) is 14.0 Å². The minimum absolute atomic E-state index is 0.115. The lowest BCUT2D eigenvalue weighted by molar-refractivity contribution is -0.116. The van der Waals surface area contributed by atoms with E-state index in [1.165, 1.54) is 0 Å². The highest BCUT2D eigenvalue weighted by atomic mass is 16.5. The van der Waals surface area contributed by atoms with E-state index in [4.69, 9.17) is 9.47 Å². The van der Waals surface area contributed by atoms with Gasteiger partial charge in [0.2, 0.25) is 0 Å². The van der Waals surface area contributed by atoms with E-state index in [0.29, 0.717) is 30.4 Å². The van der Waals surface area contributed by atoms with Crippen LogP contribution in [-0.2, 0) is 11.2 Å². The molecule has 0 saturated carbocycles. The molecule has 1 aromatic carbocycles. The molecule has 0 radical (unpaired) electrons. The van der Waals surface area contributed by atoms with E-state index in [9.17, 15) is 4.79 Å². The molecule has 3 nitrogen and oxygen atoms in total. The maximum absolute atomic E-state index is 11.2. The topological polar surface area (TPSA) is 35.5 Å². The number of hydrogen-bond donors (Lipinski definition) is 0. The quantitative estimate of drug-likeness (QED) is 0.762. The number of para-hydroxylation sites is 1. The van der Waals surface area contributed by atoms with E-state index in [2.05, 4.69) is 13.8 Å². The highest BCUT2D eigenvalue weighted by Gasteiger charge is 2.11. The van der Waals surface area contributed by atoms with Crippen molar-refractivity contribution >= 4 is 5.78 Å². The maximum Gasteiger partial charge on any atom is 0.164 e. The van der Waals surface area contributed by atoms with Gasteiger partial charge in [-0.15, -0.1) is 0 Å². The first-order valence-corrected chi connectivity index (χ1v) is 5.82. The fraction of sp³-hybridized carbons (Fsp3) is 0.500. The lowest BCUT2D eigenvalue weighted by Gasteiger charge is -2.15. The zero-order valence-corrected chi connectivity index (χ0v) is 10.9. The van der Waals surface area contributed by atoms with Crippen molar-refractivity contribution in [2.24, 2.45) is 5.92 Å². The molecular formula is C14H20O3. The molecule has 0 atom stereocenters. The fourth-order valence-corrected chi connectivity index (χ4v) is 1.57. The Labute approximate surface area is 103 Å². The van der Waals surface area contributed by atoms with Crippen LogP contribution in [0.5, 0.6) is 11.5 Å². The molecule has 0 spiro atoms. The average Bonchev–Trinajstić information content (AvgIpc) is 2.25. The van der Waals surface area contributed by atoms with Crippen molar-refractivity contribution in [2.75, 3.05) is 13.7 Å². The molecule has 0 aromatic heterocycles. The van der Waals surface area contributed by atoms with Crippen molar-refractivity contribution < 1.29 is 14.3 Å². The number of carbonyl (C=O) groups is 1. The zero-order chi connectivity index (χ0) is 12.8. The molecule has 0 aliphatic carbocycles. The minimum atomic E-state index is 0.115. The van der Waals surface area contributed by atoms with Gasteiger partial charge < -0.3 is 9.47 Å². The second-order valence-electron chi connectivity index (χ2n) is 4.53. The van der Waals surface area contributed by atoms with Crippen LogP contribution in [0.4, 0.5) is 0 Å². The molecule has 0 N–H and O–H groups in total. The van der Waals surface area contributed by atoms with Gasteiger partial charge in [0.15, 0.2) is 11.5 Å². The summed E-state index contributed by atoms with van der Waals surface area (Å²) in [6.45, 7) is 6.39. The second-order valence-corrected chi connectivity index (χ2v) is 4.53. The van der Waals surface area contributed by atoms with Crippen molar-refractivity contribution in [3.63, 3.8) is 0 Å². The monoisotopic (exact) mass is 236 g/mol. The van der Waals surface area contributed by atoms with Gasteiger partial charge in [0.1, 0.15) is 5.78 Å². The SMILES string of the molecule is COc1c(CC(C)=O)cccc1OCC(C)C. The van der Waals surface area contributed by atoms with E-state index in [-0.39, 0.29) is 5.78 Å². The van der Waals surface area contributed by atoms with Gasteiger partial charge in [-0.05, 0) is 18.9 Å². The number of Topliss-reactive ketones (excluding diaryl/α,β-unsaturated/α-hetero) is 1. The van der Waals surface area contributed by atoms with Gasteiger partial charge in [0.05, 0.1) is 13.7 Å². The first kappa shape index (κ1) is 13.6. The first-order chi connectivity index (χ1) is 8.04. The summed E-state index contributed by atoms with van der Waals surface area (Å²) in [6.07, 6.45) is 0.377. The van der Waals surface area contributed by atoms with Crippen LogP contribution in [0.3, 0.4) is 0 Å². The summed E-state index contributed by atoms with van der Waals surface area (Å²) in [5.41, 5.74) is 0.876. The van der Waals surface area contributed by atoms with Crippen LogP contribution in [0.15, 0.2) is 18.2 Å². The Bertz CT molecular complexity index is 383. The summed E-state index contributed by atoms with van der Waals surface area (Å²) in [6, 6.07) is 5.64. The first-order valence-electron chi connectivity index (χ1n) is 5.82. The molecule has 0 unspecified atom stereocenters. The molecule has 0 aliphatic rings. The van der Waals surface area contributed by atoms with Crippen LogP contribution < -0.4 is 9.47 Å². The highest BCUT2D eigenvalue weighted by Crippen LogP contribution is 2.31. The predicted molar refractivity (Wildman–Crippen MR) is 67.7 cm³/mol. The number of rotatable bonds is 6. The van der Waals surface area contributed by atoms with Crippen molar-refractivity contribution in [2.45, 2.75) is 27.2 Å². The van der Waals surface area contributed by atoms with Crippen LogP contribution in [0.2, 0.25) is 0 Å². The van der Waals surface area contributed by atoms with E-state index in [0.717, 1.165) is 5.56 Å². The zero-order valence-electron chi connectivity index (χ0n) is 10.9. The van der Waals surface area contributed by atoms with Crippen molar-refractivity contribution in [1.82, 2.24) is 0 Å². The largest absolute Gasteiger partial charge is 0.493 e. The van der Waals surface area contributed by atoms with Gasteiger partial charge in [-0.3, -0.25) is 4.79 Å². The number of hydrogen-bond acceptors (Lipinski definition) is 3. The molecular weight excluding hydrogens is 216 g/mol. The minimum Gasteiger partial charge on any atom is -0.493 e. The predicted octanol–water partition coefficient (Wildman–Crippen LogP) is 2.86. The van der Waals surface area contributed by atoms with Crippen LogP contribution in [0.25, 0.3) is 0 Å². The third kappa shape index (κ3) is 4.10. The number of benzene rings is 1. The third-order valence-corrected chi connectivity index (χ3v) is 2.28. The number of ketones is 1. The summed E-state index contributed by atoms with van der Waals surface area (Å²) in [7, 11) is 1.60. The molecule has 0 saturated heterocycles. The van der Waals surface area contributed by atoms with Crippen molar-refractivity contribution in [3.8, 4) is 11.5 Å². The fourth-order valence-electron chi connectivity index (χ4n) is 1.57. The smallest absolute Gasteiger partial charge is 0.164 e. The summed E-state index contributed by atoms with van der Waals surface area (Å²) in [5.74, 6) is 1.95. The molecule has 0 heterocycles.